The van der Waals surface area contributed by atoms with Gasteiger partial charge in [-0.3, -0.25) is 4.79 Å². The molecule has 1 aromatic carbocycles. The van der Waals surface area contributed by atoms with Gasteiger partial charge in [0, 0.05) is 24.7 Å². The lowest BCUT2D eigenvalue weighted by Crippen LogP contribution is -2.34. The van der Waals surface area contributed by atoms with E-state index in [1.165, 1.54) is 0 Å². The smallest absolute Gasteiger partial charge is 0.240 e. The number of nitrogens with one attached hydrogen (secondary N) is 1. The molecule has 4 rings (SSSR count). The summed E-state index contributed by atoms with van der Waals surface area (Å²) in [6.07, 6.45) is 3.95. The van der Waals surface area contributed by atoms with Gasteiger partial charge >= 0.3 is 0 Å². The molecule has 0 radical (unpaired) electrons. The standard InChI is InChI=1S/C21H23N3O3/c1-26-17-8-6-15(7-9-17)19-12-16-4-2-10-22-21(16)24(19)14-20(25)23-13-18-5-3-11-27-18/h2,4,6-10,12,18H,3,5,11,13-14H2,1H3,(H,23,25)/t18-/m1/s1. The third kappa shape index (κ3) is 3.80. The zero-order chi connectivity index (χ0) is 18.6. The van der Waals surface area contributed by atoms with Gasteiger partial charge in [0.2, 0.25) is 5.91 Å². The van der Waals surface area contributed by atoms with Crippen molar-refractivity contribution in [2.75, 3.05) is 20.3 Å². The van der Waals surface area contributed by atoms with Crippen molar-refractivity contribution in [3.8, 4) is 17.0 Å². The Hall–Kier alpha value is -2.86. The molecule has 0 bridgehead atoms. The number of nitrogens with zero attached hydrogens (tertiary/aromatic N) is 2. The topological polar surface area (TPSA) is 65.4 Å². The Morgan fingerprint density at radius 3 is 2.93 bits per heavy atom. The first-order chi connectivity index (χ1) is 13.2. The molecule has 3 aromatic rings. The van der Waals surface area contributed by atoms with Crippen molar-refractivity contribution in [1.29, 1.82) is 0 Å². The lowest BCUT2D eigenvalue weighted by molar-refractivity contribution is -0.122. The summed E-state index contributed by atoms with van der Waals surface area (Å²) in [6, 6.07) is 13.8. The summed E-state index contributed by atoms with van der Waals surface area (Å²) < 4.78 is 12.8. The average Bonchev–Trinajstić information content (AvgIpc) is 3.35. The van der Waals surface area contributed by atoms with Crippen LogP contribution in [0, 0.1) is 0 Å². The summed E-state index contributed by atoms with van der Waals surface area (Å²) in [4.78, 5) is 17.0. The Labute approximate surface area is 158 Å². The minimum absolute atomic E-state index is 0.0385. The lowest BCUT2D eigenvalue weighted by atomic mass is 10.1. The SMILES string of the molecule is COc1ccc(-c2cc3cccnc3n2CC(=O)NC[C@H]2CCCO2)cc1. The van der Waals surface area contributed by atoms with Gasteiger partial charge in [-0.2, -0.15) is 0 Å². The third-order valence-electron chi connectivity index (χ3n) is 4.89. The Balaban J connectivity index is 1.60. The van der Waals surface area contributed by atoms with Crippen LogP contribution < -0.4 is 10.1 Å². The minimum atomic E-state index is -0.0385. The first-order valence-corrected chi connectivity index (χ1v) is 9.21. The highest BCUT2D eigenvalue weighted by Crippen LogP contribution is 2.28. The normalized spacial score (nSPS) is 16.6. The van der Waals surface area contributed by atoms with Gasteiger partial charge in [-0.25, -0.2) is 4.98 Å². The summed E-state index contributed by atoms with van der Waals surface area (Å²) in [7, 11) is 1.65. The highest BCUT2D eigenvalue weighted by atomic mass is 16.5. The highest BCUT2D eigenvalue weighted by molar-refractivity contribution is 5.87. The van der Waals surface area contributed by atoms with Gasteiger partial charge in [-0.1, -0.05) is 0 Å². The molecule has 1 amide bonds. The minimum Gasteiger partial charge on any atom is -0.497 e. The summed E-state index contributed by atoms with van der Waals surface area (Å²) >= 11 is 0. The fourth-order valence-electron chi connectivity index (χ4n) is 3.48. The van der Waals surface area contributed by atoms with Crippen molar-refractivity contribution in [2.24, 2.45) is 0 Å². The lowest BCUT2D eigenvalue weighted by Gasteiger charge is -2.13. The van der Waals surface area contributed by atoms with Crippen LogP contribution in [0.3, 0.4) is 0 Å². The highest BCUT2D eigenvalue weighted by Gasteiger charge is 2.18. The molecule has 1 aliphatic heterocycles. The van der Waals surface area contributed by atoms with Crippen LogP contribution in [0.5, 0.6) is 5.75 Å². The molecule has 1 aliphatic rings. The molecule has 0 spiro atoms. The van der Waals surface area contributed by atoms with Crippen LogP contribution in [-0.4, -0.2) is 41.8 Å². The maximum Gasteiger partial charge on any atom is 0.240 e. The van der Waals surface area contributed by atoms with Gasteiger partial charge in [0.25, 0.3) is 0 Å². The number of fused-ring (bicyclic) bond motifs is 1. The van der Waals surface area contributed by atoms with E-state index in [0.717, 1.165) is 47.5 Å². The van der Waals surface area contributed by atoms with Crippen molar-refractivity contribution < 1.29 is 14.3 Å². The van der Waals surface area contributed by atoms with E-state index >= 15 is 0 Å². The van der Waals surface area contributed by atoms with Crippen LogP contribution >= 0.6 is 0 Å². The average molecular weight is 365 g/mol. The molecule has 1 atom stereocenters. The van der Waals surface area contributed by atoms with E-state index in [4.69, 9.17) is 9.47 Å². The zero-order valence-corrected chi connectivity index (χ0v) is 15.4. The summed E-state index contributed by atoms with van der Waals surface area (Å²) in [5.41, 5.74) is 2.77. The number of aromatic nitrogens is 2. The molecule has 27 heavy (non-hydrogen) atoms. The van der Waals surface area contributed by atoms with E-state index in [1.54, 1.807) is 13.3 Å². The van der Waals surface area contributed by atoms with Crippen molar-refractivity contribution in [1.82, 2.24) is 14.9 Å². The van der Waals surface area contributed by atoms with Crippen LogP contribution in [0.1, 0.15) is 12.8 Å². The second kappa shape index (κ2) is 7.80. The van der Waals surface area contributed by atoms with E-state index in [0.29, 0.717) is 6.54 Å². The number of hydrogen-bond acceptors (Lipinski definition) is 4. The molecule has 3 heterocycles. The monoisotopic (exact) mass is 365 g/mol. The Morgan fingerprint density at radius 1 is 1.33 bits per heavy atom. The number of rotatable bonds is 6. The number of ether oxygens (including phenoxy) is 2. The maximum absolute atomic E-state index is 12.6. The number of carbonyl (C=O) groups excluding carboxylic acids is 1. The Bertz CT molecular complexity index is 927. The number of amides is 1. The maximum atomic E-state index is 12.6. The predicted molar refractivity (Wildman–Crippen MR) is 104 cm³/mol. The number of hydrogen-bond donors (Lipinski definition) is 1. The van der Waals surface area contributed by atoms with E-state index in [2.05, 4.69) is 16.4 Å². The second-order valence-electron chi connectivity index (χ2n) is 6.70. The first-order valence-electron chi connectivity index (χ1n) is 9.21. The van der Waals surface area contributed by atoms with Crippen molar-refractivity contribution in [2.45, 2.75) is 25.5 Å². The third-order valence-corrected chi connectivity index (χ3v) is 4.89. The number of pyridine rings is 1. The van der Waals surface area contributed by atoms with Crippen molar-refractivity contribution >= 4 is 16.9 Å². The molecular formula is C21H23N3O3. The van der Waals surface area contributed by atoms with E-state index in [9.17, 15) is 4.79 Å². The van der Waals surface area contributed by atoms with Gasteiger partial charge in [-0.05, 0) is 60.9 Å². The predicted octanol–water partition coefficient (Wildman–Crippen LogP) is 3.01. The molecule has 1 N–H and O–H groups in total. The van der Waals surface area contributed by atoms with Crippen molar-refractivity contribution in [3.63, 3.8) is 0 Å². The fourth-order valence-corrected chi connectivity index (χ4v) is 3.48. The van der Waals surface area contributed by atoms with E-state index in [1.807, 2.05) is 41.0 Å². The quantitative estimate of drug-likeness (QED) is 0.729. The van der Waals surface area contributed by atoms with Crippen LogP contribution in [-0.2, 0) is 16.1 Å². The van der Waals surface area contributed by atoms with Crippen LogP contribution in [0.15, 0.2) is 48.7 Å². The number of benzene rings is 1. The Morgan fingerprint density at radius 2 is 2.19 bits per heavy atom. The summed E-state index contributed by atoms with van der Waals surface area (Å²) in [5, 5.41) is 4.00. The largest absolute Gasteiger partial charge is 0.497 e. The van der Waals surface area contributed by atoms with Gasteiger partial charge in [0.15, 0.2) is 0 Å². The van der Waals surface area contributed by atoms with Gasteiger partial charge < -0.3 is 19.4 Å². The van der Waals surface area contributed by atoms with Gasteiger partial charge in [0.1, 0.15) is 17.9 Å². The molecule has 0 saturated carbocycles. The molecule has 0 aliphatic carbocycles. The molecule has 6 nitrogen and oxygen atoms in total. The van der Waals surface area contributed by atoms with Crippen LogP contribution in [0.25, 0.3) is 22.3 Å². The molecule has 2 aromatic heterocycles. The summed E-state index contributed by atoms with van der Waals surface area (Å²) in [5.74, 6) is 0.761. The first kappa shape index (κ1) is 17.5. The molecule has 140 valence electrons. The molecule has 1 saturated heterocycles. The van der Waals surface area contributed by atoms with Crippen molar-refractivity contribution in [3.05, 3.63) is 48.7 Å². The number of methoxy groups -OCH3 is 1. The molecule has 6 heteroatoms. The fraction of sp³-hybridized carbons (Fsp3) is 0.333. The van der Waals surface area contributed by atoms with E-state index < -0.39 is 0 Å². The van der Waals surface area contributed by atoms with Gasteiger partial charge in [-0.15, -0.1) is 0 Å². The van der Waals surface area contributed by atoms with E-state index in [-0.39, 0.29) is 18.6 Å². The molecular weight excluding hydrogens is 342 g/mol. The summed E-state index contributed by atoms with van der Waals surface area (Å²) in [6.45, 7) is 1.56. The van der Waals surface area contributed by atoms with Crippen LogP contribution in [0.2, 0.25) is 0 Å². The number of carbonyl (C=O) groups is 1. The Kier molecular flexibility index (Phi) is 5.07. The zero-order valence-electron chi connectivity index (χ0n) is 15.4. The molecule has 0 unspecified atom stereocenters. The molecule has 1 fully saturated rings. The second-order valence-corrected chi connectivity index (χ2v) is 6.70. The van der Waals surface area contributed by atoms with Gasteiger partial charge in [0.05, 0.1) is 18.9 Å². The van der Waals surface area contributed by atoms with Crippen LogP contribution in [0.4, 0.5) is 0 Å².